The molecule has 0 spiro atoms. The molecule has 1 atom stereocenters. The monoisotopic (exact) mass is 271 g/mol. The van der Waals surface area contributed by atoms with Gasteiger partial charge in [-0.25, -0.2) is 4.79 Å². The number of carbonyl (C=O) groups excluding carboxylic acids is 1. The van der Waals surface area contributed by atoms with Gasteiger partial charge < -0.3 is 21.1 Å². The summed E-state index contributed by atoms with van der Waals surface area (Å²) in [7, 11) is 0. The first-order chi connectivity index (χ1) is 8.59. The predicted octanol–water partition coefficient (Wildman–Crippen LogP) is 1.43. The number of benzene rings is 1. The fourth-order valence-corrected chi connectivity index (χ4v) is 1.49. The number of aliphatic hydroxyl groups is 1. The van der Waals surface area contributed by atoms with Gasteiger partial charge in [-0.15, -0.1) is 0 Å². The third kappa shape index (κ3) is 5.86. The summed E-state index contributed by atoms with van der Waals surface area (Å²) in [5, 5.41) is 17.8. The van der Waals surface area contributed by atoms with E-state index >= 15 is 0 Å². The number of halogens is 1. The molecule has 100 valence electrons. The molecule has 0 bridgehead atoms. The number of anilines is 1. The van der Waals surface area contributed by atoms with Gasteiger partial charge in [0.25, 0.3) is 0 Å². The number of aliphatic hydroxyl groups excluding tert-OH is 1. The van der Waals surface area contributed by atoms with Gasteiger partial charge in [0.1, 0.15) is 0 Å². The van der Waals surface area contributed by atoms with Crippen molar-refractivity contribution in [3.05, 3.63) is 29.3 Å². The van der Waals surface area contributed by atoms with Gasteiger partial charge in [-0.05, 0) is 19.1 Å². The quantitative estimate of drug-likeness (QED) is 0.592. The van der Waals surface area contributed by atoms with Crippen LogP contribution in [0.1, 0.15) is 6.92 Å². The molecule has 0 fully saturated rings. The van der Waals surface area contributed by atoms with Crippen LogP contribution in [0.3, 0.4) is 0 Å². The van der Waals surface area contributed by atoms with Gasteiger partial charge in [-0.1, -0.05) is 23.7 Å². The van der Waals surface area contributed by atoms with Crippen molar-refractivity contribution in [1.29, 1.82) is 0 Å². The van der Waals surface area contributed by atoms with Crippen molar-refractivity contribution in [2.45, 2.75) is 13.0 Å². The second kappa shape index (κ2) is 7.92. The Labute approximate surface area is 112 Å². The van der Waals surface area contributed by atoms with Gasteiger partial charge in [0.05, 0.1) is 16.8 Å². The number of hydrogen-bond donors (Lipinski definition) is 4. The summed E-state index contributed by atoms with van der Waals surface area (Å²) in [6, 6.07) is 6.73. The van der Waals surface area contributed by atoms with Crippen molar-refractivity contribution in [2.24, 2.45) is 0 Å². The Bertz CT molecular complexity index is 385. The highest BCUT2D eigenvalue weighted by molar-refractivity contribution is 6.33. The highest BCUT2D eigenvalue weighted by atomic mass is 35.5. The lowest BCUT2D eigenvalue weighted by Gasteiger charge is -2.10. The molecule has 0 heterocycles. The van der Waals surface area contributed by atoms with Gasteiger partial charge >= 0.3 is 6.03 Å². The normalized spacial score (nSPS) is 11.9. The molecule has 4 N–H and O–H groups in total. The molecular weight excluding hydrogens is 254 g/mol. The van der Waals surface area contributed by atoms with Crippen LogP contribution in [0.15, 0.2) is 24.3 Å². The smallest absolute Gasteiger partial charge is 0.319 e. The Hall–Kier alpha value is -1.30. The Balaban J connectivity index is 2.20. The summed E-state index contributed by atoms with van der Waals surface area (Å²) >= 11 is 5.90. The van der Waals surface area contributed by atoms with Gasteiger partial charge in [0.2, 0.25) is 0 Å². The van der Waals surface area contributed by atoms with Crippen LogP contribution in [-0.4, -0.2) is 36.9 Å². The maximum atomic E-state index is 11.5. The summed E-state index contributed by atoms with van der Waals surface area (Å²) < 4.78 is 0. The summed E-state index contributed by atoms with van der Waals surface area (Å²) in [6.45, 7) is 3.28. The SMILES string of the molecule is CC(O)CNCCNC(=O)Nc1ccccc1Cl. The minimum absolute atomic E-state index is 0.304. The molecule has 0 saturated heterocycles. The number of amides is 2. The molecule has 1 unspecified atom stereocenters. The third-order valence-electron chi connectivity index (χ3n) is 2.15. The van der Waals surface area contributed by atoms with Crippen LogP contribution in [-0.2, 0) is 0 Å². The van der Waals surface area contributed by atoms with Gasteiger partial charge in [-0.2, -0.15) is 0 Å². The fourth-order valence-electron chi connectivity index (χ4n) is 1.30. The van der Waals surface area contributed by atoms with E-state index in [0.717, 1.165) is 0 Å². The van der Waals surface area contributed by atoms with Crippen LogP contribution in [0.5, 0.6) is 0 Å². The molecule has 0 aromatic heterocycles. The van der Waals surface area contributed by atoms with E-state index in [1.165, 1.54) is 0 Å². The summed E-state index contributed by atoms with van der Waals surface area (Å²) in [5.41, 5.74) is 0.577. The largest absolute Gasteiger partial charge is 0.392 e. The third-order valence-corrected chi connectivity index (χ3v) is 2.48. The van der Waals surface area contributed by atoms with Crippen molar-refractivity contribution < 1.29 is 9.90 Å². The molecule has 0 aliphatic rings. The van der Waals surface area contributed by atoms with Crippen molar-refractivity contribution in [1.82, 2.24) is 10.6 Å². The van der Waals surface area contributed by atoms with Crippen molar-refractivity contribution in [3.8, 4) is 0 Å². The molecule has 1 aromatic carbocycles. The topological polar surface area (TPSA) is 73.4 Å². The Morgan fingerprint density at radius 1 is 1.39 bits per heavy atom. The number of carbonyl (C=O) groups is 1. The Morgan fingerprint density at radius 2 is 2.11 bits per heavy atom. The molecule has 0 saturated carbocycles. The van der Waals surface area contributed by atoms with E-state index in [2.05, 4.69) is 16.0 Å². The second-order valence-corrected chi connectivity index (χ2v) is 4.32. The molecule has 0 aliphatic carbocycles. The summed E-state index contributed by atoms with van der Waals surface area (Å²) in [5.74, 6) is 0. The Morgan fingerprint density at radius 3 is 2.78 bits per heavy atom. The van der Waals surface area contributed by atoms with Crippen LogP contribution >= 0.6 is 11.6 Å². The van der Waals surface area contributed by atoms with Crippen LogP contribution in [0, 0.1) is 0 Å². The molecule has 0 radical (unpaired) electrons. The van der Waals surface area contributed by atoms with E-state index < -0.39 is 0 Å². The fraction of sp³-hybridized carbons (Fsp3) is 0.417. The average Bonchev–Trinajstić information content (AvgIpc) is 2.31. The maximum absolute atomic E-state index is 11.5. The molecule has 2 amide bonds. The van der Waals surface area contributed by atoms with Crippen LogP contribution in [0.4, 0.5) is 10.5 Å². The zero-order chi connectivity index (χ0) is 13.4. The van der Waals surface area contributed by atoms with E-state index in [1.54, 1.807) is 31.2 Å². The number of nitrogens with one attached hydrogen (secondary N) is 3. The van der Waals surface area contributed by atoms with Crippen LogP contribution in [0.2, 0.25) is 5.02 Å². The second-order valence-electron chi connectivity index (χ2n) is 3.91. The standard InChI is InChI=1S/C12H18ClN3O2/c1-9(17)8-14-6-7-15-12(18)16-11-5-3-2-4-10(11)13/h2-5,9,14,17H,6-8H2,1H3,(H2,15,16,18). The van der Waals surface area contributed by atoms with Crippen LogP contribution < -0.4 is 16.0 Å². The van der Waals surface area contributed by atoms with E-state index in [9.17, 15) is 4.79 Å². The first kappa shape index (κ1) is 14.8. The molecule has 18 heavy (non-hydrogen) atoms. The molecule has 6 heteroatoms. The lowest BCUT2D eigenvalue weighted by molar-refractivity contribution is 0.191. The van der Waals surface area contributed by atoms with Gasteiger partial charge in [0, 0.05) is 19.6 Å². The lowest BCUT2D eigenvalue weighted by Crippen LogP contribution is -2.36. The zero-order valence-corrected chi connectivity index (χ0v) is 11.0. The molecular formula is C12H18ClN3O2. The van der Waals surface area contributed by atoms with Crippen molar-refractivity contribution in [3.63, 3.8) is 0 Å². The first-order valence-corrected chi connectivity index (χ1v) is 6.15. The highest BCUT2D eigenvalue weighted by Crippen LogP contribution is 2.19. The molecule has 5 nitrogen and oxygen atoms in total. The maximum Gasteiger partial charge on any atom is 0.319 e. The predicted molar refractivity (Wildman–Crippen MR) is 73.0 cm³/mol. The molecule has 1 aromatic rings. The lowest BCUT2D eigenvalue weighted by atomic mass is 10.3. The van der Waals surface area contributed by atoms with E-state index in [-0.39, 0.29) is 12.1 Å². The van der Waals surface area contributed by atoms with Crippen molar-refractivity contribution in [2.75, 3.05) is 25.0 Å². The minimum Gasteiger partial charge on any atom is -0.392 e. The van der Waals surface area contributed by atoms with Crippen molar-refractivity contribution >= 4 is 23.3 Å². The number of rotatable bonds is 6. The van der Waals surface area contributed by atoms with E-state index in [1.807, 2.05) is 0 Å². The highest BCUT2D eigenvalue weighted by Gasteiger charge is 2.03. The van der Waals surface area contributed by atoms with E-state index in [4.69, 9.17) is 16.7 Å². The first-order valence-electron chi connectivity index (χ1n) is 5.77. The minimum atomic E-state index is -0.387. The number of urea groups is 1. The number of hydrogen-bond acceptors (Lipinski definition) is 3. The van der Waals surface area contributed by atoms with Crippen LogP contribution in [0.25, 0.3) is 0 Å². The number of para-hydroxylation sites is 1. The van der Waals surface area contributed by atoms with Gasteiger partial charge in [-0.3, -0.25) is 0 Å². The summed E-state index contributed by atoms with van der Waals surface area (Å²) in [4.78, 5) is 11.5. The van der Waals surface area contributed by atoms with Gasteiger partial charge in [0.15, 0.2) is 0 Å². The zero-order valence-electron chi connectivity index (χ0n) is 10.2. The summed E-state index contributed by atoms with van der Waals surface area (Å²) in [6.07, 6.45) is -0.387. The average molecular weight is 272 g/mol. The van der Waals surface area contributed by atoms with E-state index in [0.29, 0.717) is 30.3 Å². The Kier molecular flexibility index (Phi) is 6.49. The molecule has 0 aliphatic heterocycles. The molecule has 1 rings (SSSR count).